The molecule has 0 aromatic carbocycles. The average molecular weight is 227 g/mol. The number of hydrogen-bond acceptors (Lipinski definition) is 2. The van der Waals surface area contributed by atoms with E-state index in [9.17, 15) is 0 Å². The first-order valence-corrected chi connectivity index (χ1v) is 6.60. The van der Waals surface area contributed by atoms with Crippen LogP contribution in [0.15, 0.2) is 0 Å². The van der Waals surface area contributed by atoms with Crippen molar-refractivity contribution >= 4 is 0 Å². The summed E-state index contributed by atoms with van der Waals surface area (Å²) in [7, 11) is 0. The molecule has 2 N–H and O–H groups in total. The molecule has 0 amide bonds. The minimum Gasteiger partial charge on any atom is -0.373 e. The van der Waals surface area contributed by atoms with E-state index in [2.05, 4.69) is 34.6 Å². The summed E-state index contributed by atoms with van der Waals surface area (Å²) in [6, 6.07) is 0. The second-order valence-corrected chi connectivity index (χ2v) is 7.09. The third kappa shape index (κ3) is 4.06. The molecule has 0 saturated heterocycles. The van der Waals surface area contributed by atoms with Crippen LogP contribution in [-0.4, -0.2) is 18.8 Å². The van der Waals surface area contributed by atoms with Crippen LogP contribution in [0.25, 0.3) is 0 Å². The van der Waals surface area contributed by atoms with Crippen molar-refractivity contribution in [2.75, 3.05) is 6.54 Å². The van der Waals surface area contributed by atoms with Crippen molar-refractivity contribution in [1.82, 2.24) is 0 Å². The van der Waals surface area contributed by atoms with E-state index in [1.54, 1.807) is 0 Å². The van der Waals surface area contributed by atoms with Gasteiger partial charge in [0.2, 0.25) is 0 Å². The number of rotatable bonds is 3. The smallest absolute Gasteiger partial charge is 0.0749 e. The van der Waals surface area contributed by atoms with Crippen molar-refractivity contribution in [3.63, 3.8) is 0 Å². The zero-order valence-electron chi connectivity index (χ0n) is 11.7. The Morgan fingerprint density at radius 1 is 1.25 bits per heavy atom. The maximum atomic E-state index is 6.17. The minimum atomic E-state index is 0.154. The van der Waals surface area contributed by atoms with Crippen LogP contribution in [-0.2, 0) is 4.74 Å². The Morgan fingerprint density at radius 3 is 2.12 bits per heavy atom. The Kier molecular flexibility index (Phi) is 4.42. The van der Waals surface area contributed by atoms with E-state index in [1.807, 2.05) is 0 Å². The Morgan fingerprint density at radius 2 is 1.75 bits per heavy atom. The maximum Gasteiger partial charge on any atom is 0.0749 e. The highest BCUT2D eigenvalue weighted by atomic mass is 16.5. The molecule has 0 heterocycles. The Balaban J connectivity index is 2.43. The maximum absolute atomic E-state index is 6.17. The summed E-state index contributed by atoms with van der Waals surface area (Å²) in [4.78, 5) is 0. The fourth-order valence-electron chi connectivity index (χ4n) is 2.35. The van der Waals surface area contributed by atoms with Gasteiger partial charge in [0, 0.05) is 6.54 Å². The van der Waals surface area contributed by atoms with Gasteiger partial charge in [0.25, 0.3) is 0 Å². The summed E-state index contributed by atoms with van der Waals surface area (Å²) >= 11 is 0. The van der Waals surface area contributed by atoms with E-state index < -0.39 is 0 Å². The summed E-state index contributed by atoms with van der Waals surface area (Å²) in [6.45, 7) is 12.0. The first-order chi connectivity index (χ1) is 7.24. The Labute approximate surface area is 101 Å². The van der Waals surface area contributed by atoms with E-state index in [-0.39, 0.29) is 11.5 Å². The van der Waals surface area contributed by atoms with Crippen molar-refractivity contribution in [2.45, 2.75) is 72.5 Å². The lowest BCUT2D eigenvalue weighted by Crippen LogP contribution is -2.40. The van der Waals surface area contributed by atoms with Crippen molar-refractivity contribution in [3.8, 4) is 0 Å². The summed E-state index contributed by atoms with van der Waals surface area (Å²) in [5.41, 5.74) is 6.47. The van der Waals surface area contributed by atoms with Crippen molar-refractivity contribution in [2.24, 2.45) is 16.6 Å². The molecule has 0 bridgehead atoms. The normalized spacial score (nSPS) is 24.4. The van der Waals surface area contributed by atoms with E-state index in [1.165, 1.54) is 25.7 Å². The average Bonchev–Trinajstić information content (AvgIpc) is 2.14. The van der Waals surface area contributed by atoms with Crippen LogP contribution in [0.5, 0.6) is 0 Å². The topological polar surface area (TPSA) is 35.2 Å². The fraction of sp³-hybridized carbons (Fsp3) is 1.00. The van der Waals surface area contributed by atoms with Crippen molar-refractivity contribution < 1.29 is 4.74 Å². The van der Waals surface area contributed by atoms with Gasteiger partial charge < -0.3 is 10.5 Å². The van der Waals surface area contributed by atoms with Gasteiger partial charge in [0.1, 0.15) is 0 Å². The van der Waals surface area contributed by atoms with Gasteiger partial charge in [0.15, 0.2) is 0 Å². The highest BCUT2D eigenvalue weighted by molar-refractivity contribution is 4.82. The van der Waals surface area contributed by atoms with Crippen molar-refractivity contribution in [3.05, 3.63) is 0 Å². The molecule has 96 valence electrons. The summed E-state index contributed by atoms with van der Waals surface area (Å²) in [5.74, 6) is 0. The van der Waals surface area contributed by atoms with E-state index >= 15 is 0 Å². The first kappa shape index (κ1) is 14.0. The molecule has 0 radical (unpaired) electrons. The predicted molar refractivity (Wildman–Crippen MR) is 69.4 cm³/mol. The number of hydrogen-bond donors (Lipinski definition) is 1. The molecule has 1 rings (SSSR count). The molecule has 0 spiro atoms. The lowest BCUT2D eigenvalue weighted by molar-refractivity contribution is -0.0833. The SMILES string of the molecule is CC1(C)CCC(OC(CN)C(C)(C)C)CC1. The van der Waals surface area contributed by atoms with Crippen LogP contribution >= 0.6 is 0 Å². The first-order valence-electron chi connectivity index (χ1n) is 6.60. The second-order valence-electron chi connectivity index (χ2n) is 7.09. The summed E-state index contributed by atoms with van der Waals surface area (Å²) < 4.78 is 6.17. The molecule has 1 fully saturated rings. The van der Waals surface area contributed by atoms with E-state index in [4.69, 9.17) is 10.5 Å². The molecular formula is C14H29NO. The second kappa shape index (κ2) is 5.05. The summed E-state index contributed by atoms with van der Waals surface area (Å²) in [5, 5.41) is 0. The molecule has 1 unspecified atom stereocenters. The molecule has 16 heavy (non-hydrogen) atoms. The Bertz CT molecular complexity index is 207. The van der Waals surface area contributed by atoms with Crippen LogP contribution in [0.2, 0.25) is 0 Å². The molecule has 0 aliphatic heterocycles. The van der Waals surface area contributed by atoms with Crippen LogP contribution in [0, 0.1) is 10.8 Å². The van der Waals surface area contributed by atoms with Gasteiger partial charge in [-0.1, -0.05) is 34.6 Å². The molecule has 1 saturated carbocycles. The standard InChI is InChI=1S/C14H29NO/c1-13(2,3)12(10-15)16-11-6-8-14(4,5)9-7-11/h11-12H,6-10,15H2,1-5H3. The quantitative estimate of drug-likeness (QED) is 0.802. The van der Waals surface area contributed by atoms with E-state index in [0.29, 0.717) is 18.1 Å². The van der Waals surface area contributed by atoms with Crippen LogP contribution in [0.4, 0.5) is 0 Å². The largest absolute Gasteiger partial charge is 0.373 e. The third-order valence-electron chi connectivity index (χ3n) is 3.82. The molecular weight excluding hydrogens is 198 g/mol. The van der Waals surface area contributed by atoms with E-state index in [0.717, 1.165) is 0 Å². The molecule has 1 aliphatic rings. The van der Waals surface area contributed by atoms with Gasteiger partial charge in [-0.15, -0.1) is 0 Å². The zero-order valence-corrected chi connectivity index (χ0v) is 11.7. The van der Waals surface area contributed by atoms with Crippen LogP contribution in [0.3, 0.4) is 0 Å². The fourth-order valence-corrected chi connectivity index (χ4v) is 2.35. The van der Waals surface area contributed by atoms with Gasteiger partial charge in [-0.25, -0.2) is 0 Å². The number of nitrogens with two attached hydrogens (primary N) is 1. The highest BCUT2D eigenvalue weighted by Crippen LogP contribution is 2.37. The van der Waals surface area contributed by atoms with Gasteiger partial charge in [-0.05, 0) is 36.5 Å². The molecule has 2 heteroatoms. The minimum absolute atomic E-state index is 0.154. The monoisotopic (exact) mass is 227 g/mol. The zero-order chi connectivity index (χ0) is 12.4. The Hall–Kier alpha value is -0.0800. The lowest BCUT2D eigenvalue weighted by Gasteiger charge is -2.38. The predicted octanol–water partition coefficient (Wildman–Crippen LogP) is 3.35. The molecule has 0 aromatic rings. The molecule has 2 nitrogen and oxygen atoms in total. The highest BCUT2D eigenvalue weighted by Gasteiger charge is 2.31. The summed E-state index contributed by atoms with van der Waals surface area (Å²) in [6.07, 6.45) is 5.57. The van der Waals surface area contributed by atoms with Gasteiger partial charge in [-0.3, -0.25) is 0 Å². The van der Waals surface area contributed by atoms with Crippen LogP contribution < -0.4 is 5.73 Å². The van der Waals surface area contributed by atoms with Gasteiger partial charge in [-0.2, -0.15) is 0 Å². The van der Waals surface area contributed by atoms with Gasteiger partial charge >= 0.3 is 0 Å². The lowest BCUT2D eigenvalue weighted by atomic mass is 9.76. The van der Waals surface area contributed by atoms with Crippen LogP contribution in [0.1, 0.15) is 60.3 Å². The van der Waals surface area contributed by atoms with Crippen molar-refractivity contribution in [1.29, 1.82) is 0 Å². The molecule has 0 aromatic heterocycles. The third-order valence-corrected chi connectivity index (χ3v) is 3.82. The number of ether oxygens (including phenoxy) is 1. The van der Waals surface area contributed by atoms with Gasteiger partial charge in [0.05, 0.1) is 12.2 Å². The molecule has 1 atom stereocenters. The molecule has 1 aliphatic carbocycles.